The van der Waals surface area contributed by atoms with Gasteiger partial charge in [-0.15, -0.1) is 0 Å². The Hall–Kier alpha value is -0.0800. The van der Waals surface area contributed by atoms with Crippen LogP contribution in [0.15, 0.2) is 0 Å². The second-order valence-corrected chi connectivity index (χ2v) is 8.60. The van der Waals surface area contributed by atoms with Gasteiger partial charge in [-0.3, -0.25) is 0 Å². The predicted molar refractivity (Wildman–Crippen MR) is 90.2 cm³/mol. The van der Waals surface area contributed by atoms with E-state index >= 15 is 0 Å². The highest BCUT2D eigenvalue weighted by atomic mass is 15.1. The summed E-state index contributed by atoms with van der Waals surface area (Å²) in [6.45, 7) is 16.3. The molecule has 0 aromatic carbocycles. The van der Waals surface area contributed by atoms with Gasteiger partial charge in [-0.05, 0) is 71.3 Å². The molecule has 1 fully saturated rings. The molecule has 1 atom stereocenters. The van der Waals surface area contributed by atoms with Gasteiger partial charge < -0.3 is 10.2 Å². The van der Waals surface area contributed by atoms with E-state index in [1.54, 1.807) is 0 Å². The Balaban J connectivity index is 2.49. The summed E-state index contributed by atoms with van der Waals surface area (Å²) in [5, 5.41) is 3.70. The average Bonchev–Trinajstić information content (AvgIpc) is 2.36. The highest BCUT2D eigenvalue weighted by Gasteiger charge is 2.29. The van der Waals surface area contributed by atoms with Crippen LogP contribution in [0.3, 0.4) is 0 Å². The second kappa shape index (κ2) is 7.26. The largest absolute Gasteiger partial charge is 0.311 e. The summed E-state index contributed by atoms with van der Waals surface area (Å²) < 4.78 is 0. The molecule has 0 heterocycles. The Kier molecular flexibility index (Phi) is 6.53. The summed E-state index contributed by atoms with van der Waals surface area (Å²) in [5.74, 6) is 0.944. The lowest BCUT2D eigenvalue weighted by Gasteiger charge is -2.40. The molecule has 0 aromatic rings. The number of nitrogens with zero attached hydrogens (tertiary/aromatic N) is 1. The van der Waals surface area contributed by atoms with Crippen molar-refractivity contribution in [3.05, 3.63) is 0 Å². The molecule has 0 spiro atoms. The van der Waals surface area contributed by atoms with Gasteiger partial charge in [0.05, 0.1) is 0 Å². The third kappa shape index (κ3) is 6.13. The standard InChI is InChI=1S/C18H38N2/c1-8-18(6,13-19-17(3,4)5)14-20(7)16-11-9-15(2)10-12-16/h15-16,19H,8-14H2,1-7H3. The summed E-state index contributed by atoms with van der Waals surface area (Å²) in [5.41, 5.74) is 0.598. The molecule has 1 N–H and O–H groups in total. The highest BCUT2D eigenvalue weighted by molar-refractivity contribution is 4.85. The molecular weight excluding hydrogens is 244 g/mol. The molecule has 2 nitrogen and oxygen atoms in total. The van der Waals surface area contributed by atoms with Gasteiger partial charge in [0, 0.05) is 24.7 Å². The van der Waals surface area contributed by atoms with Crippen LogP contribution >= 0.6 is 0 Å². The topological polar surface area (TPSA) is 15.3 Å². The van der Waals surface area contributed by atoms with Gasteiger partial charge in [-0.25, -0.2) is 0 Å². The van der Waals surface area contributed by atoms with Crippen LogP contribution in [0.1, 0.15) is 73.6 Å². The van der Waals surface area contributed by atoms with Crippen LogP contribution < -0.4 is 5.32 Å². The SMILES string of the molecule is CCC(C)(CNC(C)(C)C)CN(C)C1CCC(C)CC1. The van der Waals surface area contributed by atoms with Crippen molar-refractivity contribution >= 4 is 0 Å². The molecular formula is C18H38N2. The van der Waals surface area contributed by atoms with Crippen molar-refractivity contribution in [2.24, 2.45) is 11.3 Å². The third-order valence-corrected chi connectivity index (χ3v) is 5.14. The molecule has 0 saturated heterocycles. The van der Waals surface area contributed by atoms with Crippen LogP contribution in [0.5, 0.6) is 0 Å². The quantitative estimate of drug-likeness (QED) is 0.781. The van der Waals surface area contributed by atoms with E-state index in [1.807, 2.05) is 0 Å². The first-order chi connectivity index (χ1) is 9.15. The van der Waals surface area contributed by atoms with E-state index < -0.39 is 0 Å². The van der Waals surface area contributed by atoms with Crippen LogP contribution in [0.25, 0.3) is 0 Å². The monoisotopic (exact) mass is 282 g/mol. The van der Waals surface area contributed by atoms with Gasteiger partial charge in [-0.2, -0.15) is 0 Å². The first kappa shape index (κ1) is 18.0. The Bertz CT molecular complexity index is 274. The molecule has 120 valence electrons. The van der Waals surface area contributed by atoms with Crippen molar-refractivity contribution in [2.45, 2.75) is 85.2 Å². The molecule has 1 saturated carbocycles. The molecule has 2 heteroatoms. The van der Waals surface area contributed by atoms with Crippen molar-refractivity contribution in [1.82, 2.24) is 10.2 Å². The van der Waals surface area contributed by atoms with E-state index in [0.29, 0.717) is 5.41 Å². The molecule has 20 heavy (non-hydrogen) atoms. The van der Waals surface area contributed by atoms with Crippen LogP contribution in [0.4, 0.5) is 0 Å². The zero-order valence-electron chi connectivity index (χ0n) is 15.1. The predicted octanol–water partition coefficient (Wildman–Crippen LogP) is 4.30. The van der Waals surface area contributed by atoms with Crippen molar-refractivity contribution in [2.75, 3.05) is 20.1 Å². The van der Waals surface area contributed by atoms with E-state index in [9.17, 15) is 0 Å². The Morgan fingerprint density at radius 1 is 1.05 bits per heavy atom. The average molecular weight is 283 g/mol. The summed E-state index contributed by atoms with van der Waals surface area (Å²) in [4.78, 5) is 2.64. The fraction of sp³-hybridized carbons (Fsp3) is 1.00. The minimum absolute atomic E-state index is 0.218. The van der Waals surface area contributed by atoms with Crippen molar-refractivity contribution in [3.63, 3.8) is 0 Å². The molecule has 0 amide bonds. The molecule has 1 aliphatic carbocycles. The van der Waals surface area contributed by atoms with Gasteiger partial charge >= 0.3 is 0 Å². The van der Waals surface area contributed by atoms with Crippen LogP contribution in [0.2, 0.25) is 0 Å². The Morgan fingerprint density at radius 2 is 1.60 bits per heavy atom. The summed E-state index contributed by atoms with van der Waals surface area (Å²) >= 11 is 0. The smallest absolute Gasteiger partial charge is 0.00967 e. The van der Waals surface area contributed by atoms with Gasteiger partial charge in [0.1, 0.15) is 0 Å². The maximum absolute atomic E-state index is 3.70. The van der Waals surface area contributed by atoms with Crippen molar-refractivity contribution < 1.29 is 0 Å². The fourth-order valence-corrected chi connectivity index (χ4v) is 3.19. The molecule has 0 aromatic heterocycles. The van der Waals surface area contributed by atoms with Crippen molar-refractivity contribution in [1.29, 1.82) is 0 Å². The third-order valence-electron chi connectivity index (χ3n) is 5.14. The maximum atomic E-state index is 3.70. The zero-order chi connectivity index (χ0) is 15.4. The van der Waals surface area contributed by atoms with Crippen molar-refractivity contribution in [3.8, 4) is 0 Å². The highest BCUT2D eigenvalue weighted by Crippen LogP contribution is 2.29. The number of hydrogen-bond acceptors (Lipinski definition) is 2. The van der Waals surface area contributed by atoms with Crippen LogP contribution in [-0.4, -0.2) is 36.6 Å². The van der Waals surface area contributed by atoms with Gasteiger partial charge in [0.15, 0.2) is 0 Å². The van der Waals surface area contributed by atoms with E-state index in [2.05, 4.69) is 58.8 Å². The molecule has 0 bridgehead atoms. The van der Waals surface area contributed by atoms with Gasteiger partial charge in [0.2, 0.25) is 0 Å². The molecule has 1 aliphatic rings. The minimum Gasteiger partial charge on any atom is -0.311 e. The lowest BCUT2D eigenvalue weighted by Crippen LogP contribution is -2.48. The molecule has 1 rings (SSSR count). The lowest BCUT2D eigenvalue weighted by atomic mass is 9.83. The normalized spacial score (nSPS) is 27.6. The zero-order valence-corrected chi connectivity index (χ0v) is 15.1. The molecule has 1 unspecified atom stereocenters. The van der Waals surface area contributed by atoms with E-state index in [4.69, 9.17) is 0 Å². The van der Waals surface area contributed by atoms with Crippen LogP contribution in [0, 0.1) is 11.3 Å². The van der Waals surface area contributed by atoms with Gasteiger partial charge in [-0.1, -0.05) is 20.8 Å². The number of rotatable bonds is 6. The number of nitrogens with one attached hydrogen (secondary N) is 1. The second-order valence-electron chi connectivity index (χ2n) is 8.60. The maximum Gasteiger partial charge on any atom is 0.00967 e. The first-order valence-corrected chi connectivity index (χ1v) is 8.60. The summed E-state index contributed by atoms with van der Waals surface area (Å²) in [7, 11) is 2.34. The summed E-state index contributed by atoms with van der Waals surface area (Å²) in [6.07, 6.45) is 6.86. The fourth-order valence-electron chi connectivity index (χ4n) is 3.19. The van der Waals surface area contributed by atoms with Crippen LogP contribution in [-0.2, 0) is 0 Å². The van der Waals surface area contributed by atoms with E-state index in [1.165, 1.54) is 38.6 Å². The lowest BCUT2D eigenvalue weighted by molar-refractivity contribution is 0.104. The van der Waals surface area contributed by atoms with Gasteiger partial charge in [0.25, 0.3) is 0 Å². The van der Waals surface area contributed by atoms with E-state index in [-0.39, 0.29) is 5.54 Å². The molecule has 0 radical (unpaired) electrons. The van der Waals surface area contributed by atoms with E-state index in [0.717, 1.165) is 18.5 Å². The Morgan fingerprint density at radius 3 is 2.05 bits per heavy atom. The minimum atomic E-state index is 0.218. The Labute approximate surface area is 127 Å². The molecule has 0 aliphatic heterocycles. The number of hydrogen-bond donors (Lipinski definition) is 1. The summed E-state index contributed by atoms with van der Waals surface area (Å²) in [6, 6.07) is 0.812. The first-order valence-electron chi connectivity index (χ1n) is 8.60.